The Labute approximate surface area is 190 Å². The molecule has 1 aromatic heterocycles. The smallest absolute Gasteiger partial charge is 0.229 e. The summed E-state index contributed by atoms with van der Waals surface area (Å²) >= 11 is 3.00. The number of hydrogen-bond donors (Lipinski definition) is 0. The van der Waals surface area contributed by atoms with Crippen molar-refractivity contribution in [1.29, 1.82) is 0 Å². The third-order valence-corrected chi connectivity index (χ3v) is 8.21. The van der Waals surface area contributed by atoms with Crippen molar-refractivity contribution >= 4 is 54.2 Å². The lowest BCUT2D eigenvalue weighted by Crippen LogP contribution is -2.37. The normalized spacial score (nSPS) is 16.6. The second kappa shape index (κ2) is 9.68. The standard InChI is InChI=1S/C22H24N2O4S3/c1-31(26,27)18-9-10-19-20(14-18)30-22(23-19)24(15-16-6-5-12-28-16)21(25)11-13-29-17-7-3-2-4-8-17/h2-4,7-10,14,16H,5-6,11-13,15H2,1H3. The van der Waals surface area contributed by atoms with E-state index in [1.807, 2.05) is 30.3 Å². The molecule has 1 aliphatic heterocycles. The first-order valence-electron chi connectivity index (χ1n) is 10.1. The average Bonchev–Trinajstić information content (AvgIpc) is 3.41. The third kappa shape index (κ3) is 5.65. The lowest BCUT2D eigenvalue weighted by atomic mass is 10.2. The van der Waals surface area contributed by atoms with Crippen molar-refractivity contribution in [2.24, 2.45) is 0 Å². The van der Waals surface area contributed by atoms with Crippen molar-refractivity contribution in [1.82, 2.24) is 4.98 Å². The number of rotatable bonds is 8. The molecule has 4 rings (SSSR count). The molecule has 1 aliphatic rings. The first kappa shape index (κ1) is 22.3. The summed E-state index contributed by atoms with van der Waals surface area (Å²) in [4.78, 5) is 20.9. The van der Waals surface area contributed by atoms with Gasteiger partial charge in [0.1, 0.15) is 0 Å². The highest BCUT2D eigenvalue weighted by Gasteiger charge is 2.26. The highest BCUT2D eigenvalue weighted by Crippen LogP contribution is 2.32. The van der Waals surface area contributed by atoms with Gasteiger partial charge in [0, 0.05) is 29.9 Å². The largest absolute Gasteiger partial charge is 0.376 e. The fourth-order valence-electron chi connectivity index (χ4n) is 3.43. The molecule has 3 aromatic rings. The molecule has 0 N–H and O–H groups in total. The lowest BCUT2D eigenvalue weighted by Gasteiger charge is -2.23. The SMILES string of the molecule is CS(=O)(=O)c1ccc2nc(N(CC3CCCO3)C(=O)CCSc3ccccc3)sc2c1. The predicted octanol–water partition coefficient (Wildman–Crippen LogP) is 4.39. The number of amides is 1. The molecule has 0 radical (unpaired) electrons. The molecular weight excluding hydrogens is 452 g/mol. The third-order valence-electron chi connectivity index (χ3n) is 5.05. The molecule has 6 nitrogen and oxygen atoms in total. The Bertz CT molecular complexity index is 1160. The summed E-state index contributed by atoms with van der Waals surface area (Å²) in [6.45, 7) is 1.18. The number of fused-ring (bicyclic) bond motifs is 1. The van der Waals surface area contributed by atoms with Gasteiger partial charge in [0.2, 0.25) is 5.91 Å². The van der Waals surface area contributed by atoms with Gasteiger partial charge in [-0.2, -0.15) is 0 Å². The Balaban J connectivity index is 1.54. The van der Waals surface area contributed by atoms with Gasteiger partial charge in [-0.05, 0) is 43.2 Å². The quantitative estimate of drug-likeness (QED) is 0.449. The first-order chi connectivity index (χ1) is 14.9. The molecule has 1 saturated heterocycles. The first-order valence-corrected chi connectivity index (χ1v) is 13.8. The van der Waals surface area contributed by atoms with E-state index in [0.717, 1.165) is 22.4 Å². The second-order valence-corrected chi connectivity index (χ2v) is 11.6. The predicted molar refractivity (Wildman–Crippen MR) is 126 cm³/mol. The minimum atomic E-state index is -3.30. The van der Waals surface area contributed by atoms with Gasteiger partial charge in [-0.1, -0.05) is 29.5 Å². The zero-order valence-electron chi connectivity index (χ0n) is 17.2. The maximum absolute atomic E-state index is 13.2. The van der Waals surface area contributed by atoms with Crippen LogP contribution in [0.3, 0.4) is 0 Å². The summed E-state index contributed by atoms with van der Waals surface area (Å²) in [5, 5.41) is 0.589. The number of ether oxygens (including phenoxy) is 1. The molecule has 0 aliphatic carbocycles. The zero-order chi connectivity index (χ0) is 21.8. The van der Waals surface area contributed by atoms with Crippen LogP contribution in [0.25, 0.3) is 10.2 Å². The van der Waals surface area contributed by atoms with Gasteiger partial charge >= 0.3 is 0 Å². The Kier molecular flexibility index (Phi) is 6.95. The summed E-state index contributed by atoms with van der Waals surface area (Å²) in [6.07, 6.45) is 3.49. The number of hydrogen-bond acceptors (Lipinski definition) is 7. The number of thioether (sulfide) groups is 1. The van der Waals surface area contributed by atoms with E-state index in [4.69, 9.17) is 4.74 Å². The maximum atomic E-state index is 13.2. The number of carbonyl (C=O) groups is 1. The number of thiazole rings is 1. The van der Waals surface area contributed by atoms with Gasteiger partial charge in [-0.25, -0.2) is 13.4 Å². The van der Waals surface area contributed by atoms with Crippen LogP contribution in [-0.4, -0.2) is 50.6 Å². The second-order valence-electron chi connectivity index (χ2n) is 7.45. The summed E-state index contributed by atoms with van der Waals surface area (Å²) < 4.78 is 30.3. The number of aromatic nitrogens is 1. The highest BCUT2D eigenvalue weighted by molar-refractivity contribution is 7.99. The molecule has 31 heavy (non-hydrogen) atoms. The van der Waals surface area contributed by atoms with Crippen molar-refractivity contribution < 1.29 is 17.9 Å². The fraction of sp³-hybridized carbons (Fsp3) is 0.364. The summed E-state index contributed by atoms with van der Waals surface area (Å²) in [7, 11) is -3.30. The molecule has 1 amide bonds. The Morgan fingerprint density at radius 1 is 1.26 bits per heavy atom. The van der Waals surface area contributed by atoms with Crippen molar-refractivity contribution in [3.05, 3.63) is 48.5 Å². The van der Waals surface area contributed by atoms with Gasteiger partial charge in [-0.3, -0.25) is 9.69 Å². The summed E-state index contributed by atoms with van der Waals surface area (Å²) in [6, 6.07) is 14.9. The number of nitrogens with zero attached hydrogens (tertiary/aromatic N) is 2. The van der Waals surface area contributed by atoms with Crippen molar-refractivity contribution in [2.75, 3.05) is 30.1 Å². The van der Waals surface area contributed by atoms with Crippen LogP contribution in [-0.2, 0) is 19.4 Å². The highest BCUT2D eigenvalue weighted by atomic mass is 32.2. The van der Waals surface area contributed by atoms with E-state index < -0.39 is 9.84 Å². The van der Waals surface area contributed by atoms with E-state index >= 15 is 0 Å². The minimum Gasteiger partial charge on any atom is -0.376 e. The Hall–Kier alpha value is -1.94. The Morgan fingerprint density at radius 2 is 2.06 bits per heavy atom. The molecule has 164 valence electrons. The molecule has 2 heterocycles. The Morgan fingerprint density at radius 3 is 2.77 bits per heavy atom. The van der Waals surface area contributed by atoms with E-state index in [-0.39, 0.29) is 16.9 Å². The van der Waals surface area contributed by atoms with Crippen LogP contribution >= 0.6 is 23.1 Å². The lowest BCUT2D eigenvalue weighted by molar-refractivity contribution is -0.118. The van der Waals surface area contributed by atoms with Crippen LogP contribution in [0.5, 0.6) is 0 Å². The minimum absolute atomic E-state index is 0.00123. The van der Waals surface area contributed by atoms with Gasteiger partial charge < -0.3 is 4.74 Å². The van der Waals surface area contributed by atoms with E-state index in [1.165, 1.54) is 17.6 Å². The molecule has 1 atom stereocenters. The van der Waals surface area contributed by atoms with E-state index in [2.05, 4.69) is 4.98 Å². The van der Waals surface area contributed by atoms with Gasteiger partial charge in [-0.15, -0.1) is 11.8 Å². The number of carbonyl (C=O) groups excluding carboxylic acids is 1. The molecule has 0 saturated carbocycles. The van der Waals surface area contributed by atoms with E-state index in [1.54, 1.807) is 34.9 Å². The molecule has 0 bridgehead atoms. The van der Waals surface area contributed by atoms with Crippen LogP contribution in [0.15, 0.2) is 58.3 Å². The van der Waals surface area contributed by atoms with E-state index in [0.29, 0.717) is 36.0 Å². The van der Waals surface area contributed by atoms with Crippen LogP contribution in [0.4, 0.5) is 5.13 Å². The van der Waals surface area contributed by atoms with Crippen molar-refractivity contribution in [2.45, 2.75) is 35.2 Å². The fourth-order valence-corrected chi connectivity index (χ4v) is 6.04. The summed E-state index contributed by atoms with van der Waals surface area (Å²) in [5.74, 6) is 0.676. The van der Waals surface area contributed by atoms with Crippen LogP contribution in [0.1, 0.15) is 19.3 Å². The average molecular weight is 477 g/mol. The molecule has 9 heteroatoms. The maximum Gasteiger partial charge on any atom is 0.229 e. The zero-order valence-corrected chi connectivity index (χ0v) is 19.6. The van der Waals surface area contributed by atoms with Crippen LogP contribution in [0, 0.1) is 0 Å². The van der Waals surface area contributed by atoms with Crippen molar-refractivity contribution in [3.63, 3.8) is 0 Å². The molecule has 1 unspecified atom stereocenters. The van der Waals surface area contributed by atoms with Gasteiger partial charge in [0.15, 0.2) is 15.0 Å². The van der Waals surface area contributed by atoms with Crippen molar-refractivity contribution in [3.8, 4) is 0 Å². The molecular formula is C22H24N2O4S3. The van der Waals surface area contributed by atoms with Crippen LogP contribution in [0.2, 0.25) is 0 Å². The van der Waals surface area contributed by atoms with Crippen LogP contribution < -0.4 is 4.90 Å². The monoisotopic (exact) mass is 476 g/mol. The number of anilines is 1. The molecule has 0 spiro atoms. The molecule has 1 fully saturated rings. The number of sulfone groups is 1. The number of benzene rings is 2. The summed E-state index contributed by atoms with van der Waals surface area (Å²) in [5.41, 5.74) is 0.691. The topological polar surface area (TPSA) is 76.6 Å². The van der Waals surface area contributed by atoms with E-state index in [9.17, 15) is 13.2 Å². The van der Waals surface area contributed by atoms with Gasteiger partial charge in [0.25, 0.3) is 0 Å². The molecule has 2 aromatic carbocycles. The van der Waals surface area contributed by atoms with Gasteiger partial charge in [0.05, 0.1) is 27.8 Å².